The van der Waals surface area contributed by atoms with Crippen molar-refractivity contribution >= 4 is 32.8 Å². The monoisotopic (exact) mass is 231 g/mol. The Kier molecular flexibility index (Phi) is 3.05. The number of nitrogen functional groups attached to an aromatic ring is 1. The second-order valence-electron chi connectivity index (χ2n) is 3.10. The highest BCUT2D eigenvalue weighted by atomic mass is 32.1. The first-order valence-electron chi connectivity index (χ1n) is 4.63. The Morgan fingerprint density at radius 3 is 3.25 bits per heavy atom. The molecule has 0 radical (unpaired) electrons. The Labute approximate surface area is 95.9 Å². The van der Waals surface area contributed by atoms with Crippen molar-refractivity contribution in [1.29, 1.82) is 0 Å². The van der Waals surface area contributed by atoms with Gasteiger partial charge in [-0.05, 0) is 23.2 Å². The molecule has 1 heterocycles. The summed E-state index contributed by atoms with van der Waals surface area (Å²) >= 11 is 1.46. The minimum atomic E-state index is 0.360. The summed E-state index contributed by atoms with van der Waals surface area (Å²) in [7, 11) is 0. The van der Waals surface area contributed by atoms with Gasteiger partial charge in [0.1, 0.15) is 0 Å². The molecule has 0 amide bonds. The van der Waals surface area contributed by atoms with Crippen molar-refractivity contribution < 1.29 is 0 Å². The van der Waals surface area contributed by atoms with Crippen molar-refractivity contribution in [3.05, 3.63) is 40.3 Å². The van der Waals surface area contributed by atoms with E-state index in [0.29, 0.717) is 11.7 Å². The van der Waals surface area contributed by atoms with Crippen molar-refractivity contribution in [2.75, 3.05) is 12.3 Å². The standard InChI is InChI=1S/C10H9N5S/c11-10-14-8-4-3-7(6-9(8)16-10)2-1-5-13-15-12/h1-4,6H,5H2,(H2,11,14). The van der Waals surface area contributed by atoms with Crippen molar-refractivity contribution in [2.24, 2.45) is 5.11 Å². The Morgan fingerprint density at radius 1 is 1.56 bits per heavy atom. The Morgan fingerprint density at radius 2 is 2.44 bits per heavy atom. The molecule has 0 saturated heterocycles. The van der Waals surface area contributed by atoms with Gasteiger partial charge in [0, 0.05) is 11.5 Å². The fourth-order valence-corrected chi connectivity index (χ4v) is 2.12. The molecule has 0 atom stereocenters. The zero-order valence-electron chi connectivity index (χ0n) is 8.37. The topological polar surface area (TPSA) is 87.7 Å². The van der Waals surface area contributed by atoms with Crippen molar-refractivity contribution in [3.63, 3.8) is 0 Å². The van der Waals surface area contributed by atoms with Crippen LogP contribution in [0, 0.1) is 0 Å². The quantitative estimate of drug-likeness (QED) is 0.499. The van der Waals surface area contributed by atoms with Crippen LogP contribution in [0.4, 0.5) is 5.13 Å². The number of fused-ring (bicyclic) bond motifs is 1. The van der Waals surface area contributed by atoms with E-state index in [1.807, 2.05) is 30.4 Å². The van der Waals surface area contributed by atoms with E-state index in [-0.39, 0.29) is 0 Å². The smallest absolute Gasteiger partial charge is 0.181 e. The van der Waals surface area contributed by atoms with Gasteiger partial charge < -0.3 is 5.73 Å². The molecular weight excluding hydrogens is 222 g/mol. The SMILES string of the molecule is [N-]=[N+]=NCC=Cc1ccc2nc(N)sc2c1. The molecule has 16 heavy (non-hydrogen) atoms. The van der Waals surface area contributed by atoms with Crippen LogP contribution in [0.25, 0.3) is 26.7 Å². The minimum absolute atomic E-state index is 0.360. The first kappa shape index (κ1) is 10.5. The zero-order valence-corrected chi connectivity index (χ0v) is 9.18. The van der Waals surface area contributed by atoms with Gasteiger partial charge in [-0.1, -0.05) is 34.7 Å². The Balaban J connectivity index is 2.25. The second kappa shape index (κ2) is 4.65. The number of hydrogen-bond donors (Lipinski definition) is 1. The normalized spacial score (nSPS) is 10.8. The summed E-state index contributed by atoms with van der Waals surface area (Å²) < 4.78 is 1.06. The highest BCUT2D eigenvalue weighted by Gasteiger charge is 1.99. The van der Waals surface area contributed by atoms with Crippen LogP contribution in [0.3, 0.4) is 0 Å². The van der Waals surface area contributed by atoms with Gasteiger partial charge in [0.05, 0.1) is 10.2 Å². The van der Waals surface area contributed by atoms with Crippen LogP contribution in [0.15, 0.2) is 29.4 Å². The lowest BCUT2D eigenvalue weighted by atomic mass is 10.2. The van der Waals surface area contributed by atoms with E-state index in [9.17, 15) is 0 Å². The van der Waals surface area contributed by atoms with Crippen LogP contribution in [0.1, 0.15) is 5.56 Å². The molecule has 80 valence electrons. The molecular formula is C10H9N5S. The van der Waals surface area contributed by atoms with E-state index in [1.165, 1.54) is 11.3 Å². The van der Waals surface area contributed by atoms with Gasteiger partial charge in [-0.3, -0.25) is 0 Å². The molecule has 0 fully saturated rings. The van der Waals surface area contributed by atoms with E-state index in [1.54, 1.807) is 0 Å². The summed E-state index contributed by atoms with van der Waals surface area (Å²) in [5.74, 6) is 0. The lowest BCUT2D eigenvalue weighted by Crippen LogP contribution is -1.79. The van der Waals surface area contributed by atoms with E-state index in [2.05, 4.69) is 15.0 Å². The summed E-state index contributed by atoms with van der Waals surface area (Å²) in [5.41, 5.74) is 15.7. The first-order valence-corrected chi connectivity index (χ1v) is 5.45. The third-order valence-electron chi connectivity index (χ3n) is 1.99. The summed E-state index contributed by atoms with van der Waals surface area (Å²) in [6.45, 7) is 0.360. The van der Waals surface area contributed by atoms with Crippen molar-refractivity contribution in [2.45, 2.75) is 0 Å². The molecule has 2 N–H and O–H groups in total. The van der Waals surface area contributed by atoms with Crippen LogP contribution in [-0.2, 0) is 0 Å². The summed E-state index contributed by atoms with van der Waals surface area (Å²) in [5, 5.41) is 3.99. The van der Waals surface area contributed by atoms with E-state index in [0.717, 1.165) is 15.8 Å². The lowest BCUT2D eigenvalue weighted by molar-refractivity contribution is 1.22. The molecule has 0 bridgehead atoms. The van der Waals surface area contributed by atoms with Crippen LogP contribution in [0.5, 0.6) is 0 Å². The van der Waals surface area contributed by atoms with Gasteiger partial charge in [0.15, 0.2) is 5.13 Å². The lowest BCUT2D eigenvalue weighted by Gasteiger charge is -1.92. The average molecular weight is 231 g/mol. The molecule has 6 heteroatoms. The maximum Gasteiger partial charge on any atom is 0.181 e. The van der Waals surface area contributed by atoms with Crippen molar-refractivity contribution in [1.82, 2.24) is 4.98 Å². The van der Waals surface area contributed by atoms with Crippen LogP contribution < -0.4 is 5.73 Å². The Hall–Kier alpha value is -2.04. The number of benzene rings is 1. The van der Waals surface area contributed by atoms with Crippen molar-refractivity contribution in [3.8, 4) is 0 Å². The van der Waals surface area contributed by atoms with Gasteiger partial charge in [0.25, 0.3) is 0 Å². The number of azide groups is 1. The largest absolute Gasteiger partial charge is 0.375 e. The highest BCUT2D eigenvalue weighted by molar-refractivity contribution is 7.22. The number of anilines is 1. The molecule has 0 aliphatic carbocycles. The molecule has 0 aliphatic rings. The maximum absolute atomic E-state index is 8.11. The fraction of sp³-hybridized carbons (Fsp3) is 0.100. The van der Waals surface area contributed by atoms with Crippen LogP contribution >= 0.6 is 11.3 Å². The Bertz CT molecular complexity index is 580. The van der Waals surface area contributed by atoms with Gasteiger partial charge in [0.2, 0.25) is 0 Å². The van der Waals surface area contributed by atoms with E-state index in [4.69, 9.17) is 11.3 Å². The molecule has 0 aliphatic heterocycles. The molecule has 1 aromatic heterocycles. The van der Waals surface area contributed by atoms with E-state index >= 15 is 0 Å². The van der Waals surface area contributed by atoms with Crippen LogP contribution in [-0.4, -0.2) is 11.5 Å². The third-order valence-corrected chi connectivity index (χ3v) is 2.84. The number of aromatic nitrogens is 1. The number of nitrogens with zero attached hydrogens (tertiary/aromatic N) is 4. The summed E-state index contributed by atoms with van der Waals surface area (Å²) in [6, 6.07) is 5.89. The number of hydrogen-bond acceptors (Lipinski definition) is 4. The summed E-state index contributed by atoms with van der Waals surface area (Å²) in [6.07, 6.45) is 3.72. The average Bonchev–Trinajstić information content (AvgIpc) is 2.64. The van der Waals surface area contributed by atoms with Crippen LogP contribution in [0.2, 0.25) is 0 Å². The fourth-order valence-electron chi connectivity index (χ4n) is 1.34. The van der Waals surface area contributed by atoms with Gasteiger partial charge in [-0.2, -0.15) is 0 Å². The molecule has 0 spiro atoms. The minimum Gasteiger partial charge on any atom is -0.375 e. The molecule has 2 rings (SSSR count). The van der Waals surface area contributed by atoms with E-state index < -0.39 is 0 Å². The molecule has 2 aromatic rings. The first-order chi connectivity index (χ1) is 7.79. The third kappa shape index (κ3) is 2.31. The highest BCUT2D eigenvalue weighted by Crippen LogP contribution is 2.24. The maximum atomic E-state index is 8.11. The summed E-state index contributed by atoms with van der Waals surface area (Å²) in [4.78, 5) is 6.84. The van der Waals surface area contributed by atoms with Gasteiger partial charge >= 0.3 is 0 Å². The predicted molar refractivity (Wildman–Crippen MR) is 67.1 cm³/mol. The zero-order chi connectivity index (χ0) is 11.4. The second-order valence-corrected chi connectivity index (χ2v) is 4.16. The molecule has 5 nitrogen and oxygen atoms in total. The number of nitrogens with two attached hydrogens (primary N) is 1. The predicted octanol–water partition coefficient (Wildman–Crippen LogP) is 3.20. The molecule has 1 aromatic carbocycles. The molecule has 0 unspecified atom stereocenters. The molecule has 0 saturated carbocycles. The van der Waals surface area contributed by atoms with Gasteiger partial charge in [-0.25, -0.2) is 4.98 Å². The number of rotatable bonds is 3. The van der Waals surface area contributed by atoms with Gasteiger partial charge in [-0.15, -0.1) is 0 Å². The number of thiazole rings is 1.